The summed E-state index contributed by atoms with van der Waals surface area (Å²) in [5.74, 6) is 6.67. The van der Waals surface area contributed by atoms with Gasteiger partial charge in [0, 0.05) is 33.9 Å². The van der Waals surface area contributed by atoms with Crippen LogP contribution in [0.3, 0.4) is 0 Å². The second-order valence-electron chi connectivity index (χ2n) is 4.77. The molecule has 1 heterocycles. The Morgan fingerprint density at radius 1 is 1.24 bits per heavy atom. The first-order chi connectivity index (χ1) is 10.0. The summed E-state index contributed by atoms with van der Waals surface area (Å²) in [5, 5.41) is 0. The Hall–Kier alpha value is -1.20. The van der Waals surface area contributed by atoms with Gasteiger partial charge in [0.25, 0.3) is 0 Å². The van der Waals surface area contributed by atoms with Gasteiger partial charge in [0.2, 0.25) is 10.0 Å². The molecule has 21 heavy (non-hydrogen) atoms. The number of nitrogens with two attached hydrogens (primary N) is 1. The van der Waals surface area contributed by atoms with E-state index in [0.29, 0.717) is 24.3 Å². The maximum atomic E-state index is 12.3. The molecule has 1 aromatic rings. The van der Waals surface area contributed by atoms with Crippen LogP contribution in [0.5, 0.6) is 0 Å². The van der Waals surface area contributed by atoms with Crippen LogP contribution in [-0.2, 0) is 20.8 Å². The van der Waals surface area contributed by atoms with Crippen molar-refractivity contribution in [2.75, 3.05) is 18.1 Å². The van der Waals surface area contributed by atoms with Gasteiger partial charge in [0.05, 0.1) is 11.4 Å². The van der Waals surface area contributed by atoms with Crippen LogP contribution < -0.4 is 10.5 Å². The number of nitrogens with one attached hydrogen (secondary N) is 1. The van der Waals surface area contributed by atoms with Crippen molar-refractivity contribution in [1.29, 1.82) is 0 Å². The van der Waals surface area contributed by atoms with Crippen LogP contribution >= 0.6 is 0 Å². The molecule has 0 aromatic heterocycles. The minimum Gasteiger partial charge on any atom is -0.320 e. The smallest absolute Gasteiger partial charge is 0.240 e. The van der Waals surface area contributed by atoms with Gasteiger partial charge >= 0.3 is 0 Å². The van der Waals surface area contributed by atoms with Crippen LogP contribution in [0, 0.1) is 11.8 Å². The highest BCUT2D eigenvalue weighted by molar-refractivity contribution is 7.89. The SMILES string of the molecule is NCC#Cc1ccc(S(=O)(=O)NC2CCS(=O)CC2)cc1. The van der Waals surface area contributed by atoms with Crippen molar-refractivity contribution in [2.24, 2.45) is 5.73 Å². The van der Waals surface area contributed by atoms with Crippen molar-refractivity contribution >= 4 is 20.8 Å². The summed E-state index contributed by atoms with van der Waals surface area (Å²) in [5.41, 5.74) is 6.02. The van der Waals surface area contributed by atoms with Gasteiger partial charge in [-0.1, -0.05) is 11.8 Å². The molecule has 1 aromatic carbocycles. The number of hydrogen-bond acceptors (Lipinski definition) is 4. The second kappa shape index (κ2) is 7.18. The molecule has 0 aliphatic carbocycles. The Labute approximate surface area is 127 Å². The maximum Gasteiger partial charge on any atom is 0.240 e. The molecule has 0 amide bonds. The molecule has 0 saturated carbocycles. The molecular formula is C14H18N2O3S2. The van der Waals surface area contributed by atoms with E-state index in [1.54, 1.807) is 12.1 Å². The zero-order chi connectivity index (χ0) is 15.3. The molecule has 0 spiro atoms. The van der Waals surface area contributed by atoms with Crippen molar-refractivity contribution in [3.8, 4) is 11.8 Å². The third kappa shape index (κ3) is 4.64. The second-order valence-corrected chi connectivity index (χ2v) is 8.18. The minimum absolute atomic E-state index is 0.135. The summed E-state index contributed by atoms with van der Waals surface area (Å²) in [4.78, 5) is 0.215. The lowest BCUT2D eigenvalue weighted by Gasteiger charge is -2.22. The van der Waals surface area contributed by atoms with Gasteiger partial charge in [-0.3, -0.25) is 4.21 Å². The fraction of sp³-hybridized carbons (Fsp3) is 0.429. The molecule has 3 N–H and O–H groups in total. The highest BCUT2D eigenvalue weighted by Crippen LogP contribution is 2.15. The van der Waals surface area contributed by atoms with Crippen molar-refractivity contribution in [3.05, 3.63) is 29.8 Å². The Balaban J connectivity index is 2.07. The monoisotopic (exact) mass is 326 g/mol. The predicted molar refractivity (Wildman–Crippen MR) is 83.6 cm³/mol. The number of hydrogen-bond donors (Lipinski definition) is 2. The van der Waals surface area contributed by atoms with E-state index in [9.17, 15) is 12.6 Å². The molecule has 0 bridgehead atoms. The largest absolute Gasteiger partial charge is 0.320 e. The average molecular weight is 326 g/mol. The normalized spacial score (nSPS) is 22.3. The van der Waals surface area contributed by atoms with E-state index < -0.39 is 20.8 Å². The summed E-state index contributed by atoms with van der Waals surface area (Å²) in [6.07, 6.45) is 1.23. The van der Waals surface area contributed by atoms with Crippen LogP contribution in [0.1, 0.15) is 18.4 Å². The molecule has 0 radical (unpaired) electrons. The van der Waals surface area contributed by atoms with Crippen molar-refractivity contribution in [1.82, 2.24) is 4.72 Å². The molecule has 2 rings (SSSR count). The molecule has 1 fully saturated rings. The lowest BCUT2D eigenvalue weighted by molar-refractivity contribution is 0.522. The van der Waals surface area contributed by atoms with Crippen molar-refractivity contribution in [2.45, 2.75) is 23.8 Å². The Kier molecular flexibility index (Phi) is 5.53. The number of benzene rings is 1. The number of sulfonamides is 1. The molecular weight excluding hydrogens is 308 g/mol. The zero-order valence-corrected chi connectivity index (χ0v) is 13.2. The zero-order valence-electron chi connectivity index (χ0n) is 11.5. The minimum atomic E-state index is -3.54. The van der Waals surface area contributed by atoms with Crippen molar-refractivity contribution < 1.29 is 12.6 Å². The molecule has 1 saturated heterocycles. The lowest BCUT2D eigenvalue weighted by atomic mass is 10.2. The van der Waals surface area contributed by atoms with Crippen LogP contribution in [0.25, 0.3) is 0 Å². The quantitative estimate of drug-likeness (QED) is 0.776. The predicted octanol–water partition coefficient (Wildman–Crippen LogP) is 0.186. The molecule has 7 heteroatoms. The van der Waals surface area contributed by atoms with Crippen molar-refractivity contribution in [3.63, 3.8) is 0 Å². The highest BCUT2D eigenvalue weighted by Gasteiger charge is 2.23. The van der Waals surface area contributed by atoms with E-state index in [4.69, 9.17) is 5.73 Å². The standard InChI is InChI=1S/C14H18N2O3S2/c15-9-1-2-12-3-5-14(6-4-12)21(18,19)16-13-7-10-20(17)11-8-13/h3-6,13,16H,7-11,15H2. The van der Waals surface area contributed by atoms with Gasteiger partial charge in [-0.25, -0.2) is 13.1 Å². The van der Waals surface area contributed by atoms with Crippen LogP contribution in [0.4, 0.5) is 0 Å². The van der Waals surface area contributed by atoms with Gasteiger partial charge in [-0.15, -0.1) is 0 Å². The first-order valence-electron chi connectivity index (χ1n) is 6.67. The Morgan fingerprint density at radius 2 is 1.86 bits per heavy atom. The summed E-state index contributed by atoms with van der Waals surface area (Å²) >= 11 is 0. The molecule has 1 aliphatic rings. The van der Waals surface area contributed by atoms with Crippen LogP contribution in [0.2, 0.25) is 0 Å². The third-order valence-corrected chi connectivity index (χ3v) is 6.13. The topological polar surface area (TPSA) is 89.3 Å². The van der Waals surface area contributed by atoms with Crippen LogP contribution in [0.15, 0.2) is 29.2 Å². The molecule has 1 aliphatic heterocycles. The first-order valence-corrected chi connectivity index (χ1v) is 9.65. The first kappa shape index (κ1) is 16.2. The van der Waals surface area contributed by atoms with E-state index in [1.165, 1.54) is 12.1 Å². The number of rotatable bonds is 3. The fourth-order valence-corrected chi connectivity index (χ4v) is 4.67. The molecule has 5 nitrogen and oxygen atoms in total. The van der Waals surface area contributed by atoms with E-state index in [-0.39, 0.29) is 17.5 Å². The van der Waals surface area contributed by atoms with Gasteiger partial charge < -0.3 is 5.73 Å². The molecule has 0 unspecified atom stereocenters. The third-order valence-electron chi connectivity index (χ3n) is 3.21. The molecule has 114 valence electrons. The average Bonchev–Trinajstić information content (AvgIpc) is 2.48. The fourth-order valence-electron chi connectivity index (χ4n) is 2.07. The molecule has 0 atom stereocenters. The van der Waals surface area contributed by atoms with E-state index >= 15 is 0 Å². The van der Waals surface area contributed by atoms with Gasteiger partial charge in [0.1, 0.15) is 0 Å². The summed E-state index contributed by atoms with van der Waals surface area (Å²) in [6.45, 7) is 0.269. The Morgan fingerprint density at radius 3 is 2.43 bits per heavy atom. The van der Waals surface area contributed by atoms with E-state index in [2.05, 4.69) is 16.6 Å². The summed E-state index contributed by atoms with van der Waals surface area (Å²) in [7, 11) is -4.34. The summed E-state index contributed by atoms with van der Waals surface area (Å²) in [6, 6.07) is 6.25. The van der Waals surface area contributed by atoms with Crippen LogP contribution in [-0.4, -0.2) is 36.7 Å². The van der Waals surface area contributed by atoms with Gasteiger partial charge in [-0.05, 0) is 37.1 Å². The Bertz CT molecular complexity index is 662. The lowest BCUT2D eigenvalue weighted by Crippen LogP contribution is -2.39. The van der Waals surface area contributed by atoms with Gasteiger partial charge in [0.15, 0.2) is 0 Å². The van der Waals surface area contributed by atoms with E-state index in [1.807, 2.05) is 0 Å². The van der Waals surface area contributed by atoms with E-state index in [0.717, 1.165) is 5.56 Å². The summed E-state index contributed by atoms with van der Waals surface area (Å²) < 4.78 is 38.5. The maximum absolute atomic E-state index is 12.3. The highest BCUT2D eigenvalue weighted by atomic mass is 32.2. The van der Waals surface area contributed by atoms with Gasteiger partial charge in [-0.2, -0.15) is 0 Å².